The van der Waals surface area contributed by atoms with E-state index in [2.05, 4.69) is 4.72 Å². The number of hydrogen-bond acceptors (Lipinski definition) is 6. The first-order valence-electron chi connectivity index (χ1n) is 5.41. The fourth-order valence-corrected chi connectivity index (χ4v) is 2.63. The molecule has 0 aliphatic rings. The van der Waals surface area contributed by atoms with Crippen LogP contribution >= 0.6 is 0 Å². The van der Waals surface area contributed by atoms with Gasteiger partial charge in [-0.1, -0.05) is 0 Å². The number of methoxy groups -OCH3 is 1. The minimum atomic E-state index is -3.94. The molecule has 0 atom stereocenters. The second kappa shape index (κ2) is 6.45. The fourth-order valence-electron chi connectivity index (χ4n) is 1.41. The molecule has 1 rings (SSSR count). The van der Waals surface area contributed by atoms with Gasteiger partial charge in [-0.3, -0.25) is 10.1 Å². The smallest absolute Gasteiger partial charge is 0.291 e. The molecule has 9 heteroatoms. The molecule has 0 aliphatic carbocycles. The lowest BCUT2D eigenvalue weighted by atomic mass is 10.3. The Morgan fingerprint density at radius 3 is 2.74 bits per heavy atom. The summed E-state index contributed by atoms with van der Waals surface area (Å²) in [5, 5.41) is 10.8. The van der Waals surface area contributed by atoms with Gasteiger partial charge < -0.3 is 10.5 Å². The Kier molecular flexibility index (Phi) is 5.21. The van der Waals surface area contributed by atoms with Crippen molar-refractivity contribution in [3.8, 4) is 0 Å². The van der Waals surface area contributed by atoms with E-state index in [4.69, 9.17) is 10.5 Å². The van der Waals surface area contributed by atoms with Crippen molar-refractivity contribution in [2.75, 3.05) is 26.0 Å². The van der Waals surface area contributed by atoms with E-state index in [1.807, 2.05) is 0 Å². The van der Waals surface area contributed by atoms with Crippen molar-refractivity contribution in [2.24, 2.45) is 0 Å². The molecule has 19 heavy (non-hydrogen) atoms. The first-order valence-corrected chi connectivity index (χ1v) is 6.89. The Morgan fingerprint density at radius 1 is 1.47 bits per heavy atom. The lowest BCUT2D eigenvalue weighted by molar-refractivity contribution is -0.387. The standard InChI is InChI=1S/C10H15N3O5S/c1-18-6-2-5-12-19(16,17)10-4-3-8(11)7-9(10)13(14)15/h3-4,7,12H,2,5-6,11H2,1H3. The molecule has 3 N–H and O–H groups in total. The number of rotatable bonds is 7. The van der Waals surface area contributed by atoms with E-state index in [1.54, 1.807) is 0 Å². The highest BCUT2D eigenvalue weighted by Crippen LogP contribution is 2.25. The van der Waals surface area contributed by atoms with Gasteiger partial charge in [0.25, 0.3) is 5.69 Å². The quantitative estimate of drug-likeness (QED) is 0.326. The second-order valence-corrected chi connectivity index (χ2v) is 5.46. The number of nitro benzene ring substituents is 1. The maximum atomic E-state index is 11.9. The number of nitrogens with one attached hydrogen (secondary N) is 1. The van der Waals surface area contributed by atoms with E-state index in [-0.39, 0.29) is 12.2 Å². The number of ether oxygens (including phenoxy) is 1. The number of anilines is 1. The fraction of sp³-hybridized carbons (Fsp3) is 0.400. The molecule has 0 saturated carbocycles. The van der Waals surface area contributed by atoms with Crippen molar-refractivity contribution < 1.29 is 18.1 Å². The number of nitro groups is 1. The highest BCUT2D eigenvalue weighted by molar-refractivity contribution is 7.89. The van der Waals surface area contributed by atoms with Crippen LogP contribution in [0.5, 0.6) is 0 Å². The molecule has 0 aliphatic heterocycles. The van der Waals surface area contributed by atoms with Crippen LogP contribution in [-0.2, 0) is 14.8 Å². The van der Waals surface area contributed by atoms with Gasteiger partial charge in [0.15, 0.2) is 4.90 Å². The molecule has 0 spiro atoms. The summed E-state index contributed by atoms with van der Waals surface area (Å²) >= 11 is 0. The monoisotopic (exact) mass is 289 g/mol. The average Bonchev–Trinajstić information content (AvgIpc) is 2.34. The minimum absolute atomic E-state index is 0.130. The van der Waals surface area contributed by atoms with Crippen molar-refractivity contribution in [1.82, 2.24) is 4.72 Å². The summed E-state index contributed by atoms with van der Waals surface area (Å²) in [7, 11) is -2.44. The van der Waals surface area contributed by atoms with E-state index in [0.29, 0.717) is 13.0 Å². The molecule has 0 aromatic heterocycles. The predicted molar refractivity (Wildman–Crippen MR) is 69.2 cm³/mol. The van der Waals surface area contributed by atoms with Gasteiger partial charge in [-0.05, 0) is 18.6 Å². The largest absolute Gasteiger partial charge is 0.399 e. The molecule has 0 amide bonds. The number of benzene rings is 1. The van der Waals surface area contributed by atoms with Gasteiger partial charge in [0.2, 0.25) is 10.0 Å². The van der Waals surface area contributed by atoms with E-state index in [0.717, 1.165) is 12.1 Å². The second-order valence-electron chi connectivity index (χ2n) is 3.73. The summed E-state index contributed by atoms with van der Waals surface area (Å²) in [5.74, 6) is 0. The number of sulfonamides is 1. The molecule has 0 heterocycles. The van der Waals surface area contributed by atoms with Crippen LogP contribution in [0.2, 0.25) is 0 Å². The molecule has 0 unspecified atom stereocenters. The Labute approximate surface area is 110 Å². The van der Waals surface area contributed by atoms with Crippen LogP contribution in [0.1, 0.15) is 6.42 Å². The van der Waals surface area contributed by atoms with Crippen molar-refractivity contribution >= 4 is 21.4 Å². The molecule has 0 fully saturated rings. The molecular weight excluding hydrogens is 274 g/mol. The van der Waals surface area contributed by atoms with Gasteiger partial charge in [0.1, 0.15) is 0 Å². The third-order valence-electron chi connectivity index (χ3n) is 2.29. The summed E-state index contributed by atoms with van der Waals surface area (Å²) in [6.45, 7) is 0.532. The summed E-state index contributed by atoms with van der Waals surface area (Å²) < 4.78 is 30.9. The third-order valence-corrected chi connectivity index (χ3v) is 3.79. The summed E-state index contributed by atoms with van der Waals surface area (Å²) in [6.07, 6.45) is 0.471. The maximum Gasteiger partial charge on any atom is 0.291 e. The Balaban J connectivity index is 2.98. The van der Waals surface area contributed by atoms with Crippen LogP contribution in [0.4, 0.5) is 11.4 Å². The molecule has 0 radical (unpaired) electrons. The summed E-state index contributed by atoms with van der Waals surface area (Å²) in [5.41, 5.74) is 5.00. The highest BCUT2D eigenvalue weighted by atomic mass is 32.2. The number of nitrogens with zero attached hydrogens (tertiary/aromatic N) is 1. The highest BCUT2D eigenvalue weighted by Gasteiger charge is 2.25. The van der Waals surface area contributed by atoms with Gasteiger partial charge in [0, 0.05) is 32.0 Å². The van der Waals surface area contributed by atoms with Crippen LogP contribution in [0.3, 0.4) is 0 Å². The van der Waals surface area contributed by atoms with E-state index < -0.39 is 25.5 Å². The maximum absolute atomic E-state index is 11.9. The molecule has 1 aromatic rings. The topological polar surface area (TPSA) is 125 Å². The zero-order valence-electron chi connectivity index (χ0n) is 10.3. The van der Waals surface area contributed by atoms with Crippen LogP contribution in [0.25, 0.3) is 0 Å². The predicted octanol–water partition coefficient (Wildman–Crippen LogP) is 0.492. The first kappa shape index (κ1) is 15.3. The average molecular weight is 289 g/mol. The molecule has 8 nitrogen and oxygen atoms in total. The molecule has 0 bridgehead atoms. The van der Waals surface area contributed by atoms with Crippen molar-refractivity contribution in [3.63, 3.8) is 0 Å². The zero-order valence-corrected chi connectivity index (χ0v) is 11.1. The van der Waals surface area contributed by atoms with Crippen molar-refractivity contribution in [3.05, 3.63) is 28.3 Å². The van der Waals surface area contributed by atoms with E-state index >= 15 is 0 Å². The Morgan fingerprint density at radius 2 is 2.16 bits per heavy atom. The Bertz CT molecular complexity index is 558. The van der Waals surface area contributed by atoms with Gasteiger partial charge >= 0.3 is 0 Å². The van der Waals surface area contributed by atoms with E-state index in [9.17, 15) is 18.5 Å². The molecule has 106 valence electrons. The summed E-state index contributed by atoms with van der Waals surface area (Å²) in [4.78, 5) is 9.66. The van der Waals surface area contributed by atoms with Gasteiger partial charge in [-0.25, -0.2) is 13.1 Å². The van der Waals surface area contributed by atoms with Gasteiger partial charge in [-0.2, -0.15) is 0 Å². The Hall–Kier alpha value is -1.71. The lowest BCUT2D eigenvalue weighted by Crippen LogP contribution is -2.26. The minimum Gasteiger partial charge on any atom is -0.399 e. The number of hydrogen-bond donors (Lipinski definition) is 2. The van der Waals surface area contributed by atoms with Gasteiger partial charge in [0.05, 0.1) is 4.92 Å². The lowest BCUT2D eigenvalue weighted by Gasteiger charge is -2.07. The number of nitrogen functional groups attached to an aromatic ring is 1. The van der Waals surface area contributed by atoms with Crippen LogP contribution in [0, 0.1) is 10.1 Å². The molecule has 1 aromatic carbocycles. The molecular formula is C10H15N3O5S. The van der Waals surface area contributed by atoms with Crippen molar-refractivity contribution in [1.29, 1.82) is 0 Å². The molecule has 0 saturated heterocycles. The van der Waals surface area contributed by atoms with Crippen LogP contribution < -0.4 is 10.5 Å². The van der Waals surface area contributed by atoms with Crippen LogP contribution in [0.15, 0.2) is 23.1 Å². The zero-order chi connectivity index (χ0) is 14.5. The first-order chi connectivity index (χ1) is 8.88. The summed E-state index contributed by atoms with van der Waals surface area (Å²) in [6, 6.07) is 3.44. The third kappa shape index (κ3) is 4.16. The van der Waals surface area contributed by atoms with Crippen LogP contribution in [-0.4, -0.2) is 33.6 Å². The SMILES string of the molecule is COCCCNS(=O)(=O)c1ccc(N)cc1[N+](=O)[O-]. The number of nitrogens with two attached hydrogens (primary N) is 1. The van der Waals surface area contributed by atoms with E-state index in [1.165, 1.54) is 13.2 Å². The van der Waals surface area contributed by atoms with Crippen molar-refractivity contribution in [2.45, 2.75) is 11.3 Å². The normalized spacial score (nSPS) is 11.4. The van der Waals surface area contributed by atoms with Gasteiger partial charge in [-0.15, -0.1) is 0 Å².